The van der Waals surface area contributed by atoms with Crippen molar-refractivity contribution < 1.29 is 4.79 Å². The van der Waals surface area contributed by atoms with E-state index < -0.39 is 0 Å². The van der Waals surface area contributed by atoms with Crippen molar-refractivity contribution in [3.05, 3.63) is 46.8 Å². The van der Waals surface area contributed by atoms with Gasteiger partial charge in [0.2, 0.25) is 5.91 Å². The Bertz CT molecular complexity index is 839. The van der Waals surface area contributed by atoms with Crippen molar-refractivity contribution in [2.45, 2.75) is 52.6 Å². The molecule has 5 heteroatoms. The van der Waals surface area contributed by atoms with Crippen LogP contribution in [-0.2, 0) is 37.8 Å². The first-order valence-electron chi connectivity index (χ1n) is 10.1. The SMILES string of the molecule is CC(C)CCN1Cc2cccc(NC(=O)C3CCc4cnn(C)c4C3)c2C1. The molecule has 27 heavy (non-hydrogen) atoms. The molecule has 2 heterocycles. The molecular formula is C22H30N4O. The molecule has 1 atom stereocenters. The summed E-state index contributed by atoms with van der Waals surface area (Å²) >= 11 is 0. The van der Waals surface area contributed by atoms with Crippen LogP contribution < -0.4 is 5.32 Å². The highest BCUT2D eigenvalue weighted by Crippen LogP contribution is 2.31. The van der Waals surface area contributed by atoms with Gasteiger partial charge in [0.1, 0.15) is 0 Å². The molecule has 0 saturated carbocycles. The highest BCUT2D eigenvalue weighted by atomic mass is 16.1. The Hall–Kier alpha value is -2.14. The van der Waals surface area contributed by atoms with Gasteiger partial charge < -0.3 is 5.32 Å². The summed E-state index contributed by atoms with van der Waals surface area (Å²) in [5.74, 6) is 0.897. The summed E-state index contributed by atoms with van der Waals surface area (Å²) in [6.45, 7) is 7.59. The highest BCUT2D eigenvalue weighted by molar-refractivity contribution is 5.93. The van der Waals surface area contributed by atoms with E-state index in [0.29, 0.717) is 0 Å². The van der Waals surface area contributed by atoms with Crippen molar-refractivity contribution in [2.75, 3.05) is 11.9 Å². The predicted molar refractivity (Wildman–Crippen MR) is 107 cm³/mol. The fourth-order valence-corrected chi connectivity index (χ4v) is 4.31. The molecule has 1 unspecified atom stereocenters. The summed E-state index contributed by atoms with van der Waals surface area (Å²) in [7, 11) is 1.97. The second kappa shape index (κ2) is 7.47. The minimum atomic E-state index is 0.0298. The van der Waals surface area contributed by atoms with Crippen LogP contribution in [0.4, 0.5) is 5.69 Å². The number of fused-ring (bicyclic) bond motifs is 2. The number of carbonyl (C=O) groups excluding carboxylic acids is 1. The molecule has 2 aliphatic rings. The maximum atomic E-state index is 13.0. The van der Waals surface area contributed by atoms with Crippen LogP contribution in [-0.4, -0.2) is 27.1 Å². The zero-order valence-corrected chi connectivity index (χ0v) is 16.7. The molecule has 144 valence electrons. The average molecular weight is 367 g/mol. The molecular weight excluding hydrogens is 336 g/mol. The number of aromatic nitrogens is 2. The van der Waals surface area contributed by atoms with Gasteiger partial charge in [-0.3, -0.25) is 14.4 Å². The Morgan fingerprint density at radius 2 is 2.15 bits per heavy atom. The fraction of sp³-hybridized carbons (Fsp3) is 0.545. The number of aryl methyl sites for hydroxylation is 2. The highest BCUT2D eigenvalue weighted by Gasteiger charge is 2.28. The van der Waals surface area contributed by atoms with Crippen LogP contribution in [0.2, 0.25) is 0 Å². The van der Waals surface area contributed by atoms with Crippen molar-refractivity contribution >= 4 is 11.6 Å². The standard InChI is InChI=1S/C22H30N4O/c1-15(2)9-10-26-13-18-5-4-6-20(19(18)14-26)24-22(27)16-7-8-17-12-23-25(3)21(17)11-16/h4-6,12,15-16H,7-11,13-14H2,1-3H3,(H,24,27). The zero-order valence-electron chi connectivity index (χ0n) is 16.7. The minimum absolute atomic E-state index is 0.0298. The number of benzene rings is 1. The molecule has 0 bridgehead atoms. The number of hydrogen-bond donors (Lipinski definition) is 1. The van der Waals surface area contributed by atoms with E-state index in [4.69, 9.17) is 0 Å². The van der Waals surface area contributed by atoms with Crippen LogP contribution in [0.5, 0.6) is 0 Å². The van der Waals surface area contributed by atoms with Crippen LogP contribution in [0.3, 0.4) is 0 Å². The van der Waals surface area contributed by atoms with Crippen LogP contribution >= 0.6 is 0 Å². The van der Waals surface area contributed by atoms with E-state index in [9.17, 15) is 4.79 Å². The van der Waals surface area contributed by atoms with E-state index in [1.165, 1.54) is 28.8 Å². The lowest BCUT2D eigenvalue weighted by Gasteiger charge is -2.22. The van der Waals surface area contributed by atoms with E-state index in [-0.39, 0.29) is 11.8 Å². The van der Waals surface area contributed by atoms with Gasteiger partial charge in [0.15, 0.2) is 0 Å². The van der Waals surface area contributed by atoms with E-state index in [1.54, 1.807) is 0 Å². The first-order chi connectivity index (χ1) is 13.0. The third kappa shape index (κ3) is 3.79. The quantitative estimate of drug-likeness (QED) is 0.881. The third-order valence-corrected chi connectivity index (χ3v) is 6.05. The fourth-order valence-electron chi connectivity index (χ4n) is 4.31. The summed E-state index contributed by atoms with van der Waals surface area (Å²) in [4.78, 5) is 15.4. The lowest BCUT2D eigenvalue weighted by molar-refractivity contribution is -0.120. The Labute approximate surface area is 161 Å². The normalized spacial score (nSPS) is 19.2. The number of nitrogens with one attached hydrogen (secondary N) is 1. The van der Waals surface area contributed by atoms with Gasteiger partial charge in [-0.05, 0) is 54.5 Å². The summed E-state index contributed by atoms with van der Waals surface area (Å²) in [6, 6.07) is 6.32. The van der Waals surface area contributed by atoms with Gasteiger partial charge in [-0.25, -0.2) is 0 Å². The Morgan fingerprint density at radius 1 is 1.30 bits per heavy atom. The van der Waals surface area contributed by atoms with Crippen LogP contribution in [0.15, 0.2) is 24.4 Å². The molecule has 1 N–H and O–H groups in total. The molecule has 0 spiro atoms. The maximum absolute atomic E-state index is 13.0. The van der Waals surface area contributed by atoms with Crippen molar-refractivity contribution in [3.63, 3.8) is 0 Å². The monoisotopic (exact) mass is 366 g/mol. The third-order valence-electron chi connectivity index (χ3n) is 6.05. The number of amides is 1. The number of anilines is 1. The van der Waals surface area contributed by atoms with E-state index >= 15 is 0 Å². The Kier molecular flexibility index (Phi) is 5.04. The summed E-state index contributed by atoms with van der Waals surface area (Å²) in [5.41, 5.74) is 6.16. The van der Waals surface area contributed by atoms with Crippen LogP contribution in [0, 0.1) is 11.8 Å². The molecule has 5 nitrogen and oxygen atoms in total. The van der Waals surface area contributed by atoms with Crippen molar-refractivity contribution in [1.29, 1.82) is 0 Å². The van der Waals surface area contributed by atoms with Gasteiger partial charge in [-0.1, -0.05) is 26.0 Å². The molecule has 1 aromatic heterocycles. The molecule has 1 aliphatic heterocycles. The molecule has 1 aromatic carbocycles. The van der Waals surface area contributed by atoms with Gasteiger partial charge in [0.25, 0.3) is 0 Å². The topological polar surface area (TPSA) is 50.2 Å². The lowest BCUT2D eigenvalue weighted by atomic mass is 9.87. The smallest absolute Gasteiger partial charge is 0.227 e. The Morgan fingerprint density at radius 3 is 2.96 bits per heavy atom. The summed E-state index contributed by atoms with van der Waals surface area (Å²) < 4.78 is 1.92. The van der Waals surface area contributed by atoms with Gasteiger partial charge >= 0.3 is 0 Å². The molecule has 2 aromatic rings. The van der Waals surface area contributed by atoms with E-state index in [0.717, 1.165) is 50.5 Å². The predicted octanol–water partition coefficient (Wildman–Crippen LogP) is 3.53. The summed E-state index contributed by atoms with van der Waals surface area (Å²) in [6.07, 6.45) is 5.79. The summed E-state index contributed by atoms with van der Waals surface area (Å²) in [5, 5.41) is 7.59. The van der Waals surface area contributed by atoms with Crippen molar-refractivity contribution in [1.82, 2.24) is 14.7 Å². The number of nitrogens with zero attached hydrogens (tertiary/aromatic N) is 3. The van der Waals surface area contributed by atoms with Gasteiger partial charge in [0, 0.05) is 43.9 Å². The zero-order chi connectivity index (χ0) is 19.0. The van der Waals surface area contributed by atoms with E-state index in [2.05, 4.69) is 47.4 Å². The van der Waals surface area contributed by atoms with Gasteiger partial charge in [-0.15, -0.1) is 0 Å². The second-order valence-corrected chi connectivity index (χ2v) is 8.51. The first-order valence-corrected chi connectivity index (χ1v) is 10.1. The second-order valence-electron chi connectivity index (χ2n) is 8.51. The Balaban J connectivity index is 1.43. The average Bonchev–Trinajstić information content (AvgIpc) is 3.24. The van der Waals surface area contributed by atoms with Crippen molar-refractivity contribution in [2.24, 2.45) is 18.9 Å². The number of hydrogen-bond acceptors (Lipinski definition) is 3. The number of carbonyl (C=O) groups is 1. The van der Waals surface area contributed by atoms with Crippen LogP contribution in [0.1, 0.15) is 49.1 Å². The molecule has 0 saturated heterocycles. The largest absolute Gasteiger partial charge is 0.326 e. The molecule has 0 fully saturated rings. The van der Waals surface area contributed by atoms with Crippen molar-refractivity contribution in [3.8, 4) is 0 Å². The molecule has 0 radical (unpaired) electrons. The first kappa shape index (κ1) is 18.2. The number of rotatable bonds is 5. The molecule has 1 amide bonds. The van der Waals surface area contributed by atoms with Gasteiger partial charge in [-0.2, -0.15) is 5.10 Å². The van der Waals surface area contributed by atoms with Crippen LogP contribution in [0.25, 0.3) is 0 Å². The molecule has 4 rings (SSSR count). The van der Waals surface area contributed by atoms with E-state index in [1.807, 2.05) is 17.9 Å². The lowest BCUT2D eigenvalue weighted by Crippen LogP contribution is -2.29. The maximum Gasteiger partial charge on any atom is 0.227 e. The minimum Gasteiger partial charge on any atom is -0.326 e. The molecule has 1 aliphatic carbocycles. The van der Waals surface area contributed by atoms with Gasteiger partial charge in [0.05, 0.1) is 6.20 Å².